The fourth-order valence-electron chi connectivity index (χ4n) is 1.92. The predicted molar refractivity (Wildman–Crippen MR) is 71.9 cm³/mol. The molecule has 0 radical (unpaired) electrons. The standard InChI is InChI=1S/C14H12OS2/c15-9-8-10-4-3-7-13-14(10)17-12-6-2-1-5-11(12)16-13/h1-7,15H,8-9H2. The van der Waals surface area contributed by atoms with E-state index in [9.17, 15) is 0 Å². The van der Waals surface area contributed by atoms with E-state index in [1.807, 2.05) is 23.5 Å². The smallest absolute Gasteiger partial charge is 0.0471 e. The normalized spacial score (nSPS) is 13.0. The minimum Gasteiger partial charge on any atom is -0.396 e. The average molecular weight is 260 g/mol. The van der Waals surface area contributed by atoms with Crippen molar-refractivity contribution in [1.82, 2.24) is 0 Å². The summed E-state index contributed by atoms with van der Waals surface area (Å²) in [7, 11) is 0. The number of rotatable bonds is 2. The maximum absolute atomic E-state index is 9.10. The fourth-order valence-corrected chi connectivity index (χ4v) is 4.35. The zero-order valence-corrected chi connectivity index (χ0v) is 10.9. The van der Waals surface area contributed by atoms with Crippen molar-refractivity contribution in [3.8, 4) is 0 Å². The Morgan fingerprint density at radius 1 is 0.824 bits per heavy atom. The van der Waals surface area contributed by atoms with Gasteiger partial charge in [-0.25, -0.2) is 0 Å². The quantitative estimate of drug-likeness (QED) is 0.756. The fraction of sp³-hybridized carbons (Fsp3) is 0.143. The van der Waals surface area contributed by atoms with Gasteiger partial charge in [0.05, 0.1) is 0 Å². The van der Waals surface area contributed by atoms with Crippen molar-refractivity contribution in [2.24, 2.45) is 0 Å². The van der Waals surface area contributed by atoms with Gasteiger partial charge in [-0.15, -0.1) is 0 Å². The number of hydrogen-bond acceptors (Lipinski definition) is 3. The van der Waals surface area contributed by atoms with Crippen LogP contribution in [0.2, 0.25) is 0 Å². The van der Waals surface area contributed by atoms with Crippen molar-refractivity contribution in [2.75, 3.05) is 6.61 Å². The van der Waals surface area contributed by atoms with E-state index < -0.39 is 0 Å². The van der Waals surface area contributed by atoms with Gasteiger partial charge < -0.3 is 5.11 Å². The summed E-state index contributed by atoms with van der Waals surface area (Å²) in [5, 5.41) is 9.10. The molecule has 1 nitrogen and oxygen atoms in total. The molecule has 0 bridgehead atoms. The molecule has 0 amide bonds. The highest BCUT2D eigenvalue weighted by Gasteiger charge is 2.18. The van der Waals surface area contributed by atoms with Crippen LogP contribution in [0.1, 0.15) is 5.56 Å². The maximum Gasteiger partial charge on any atom is 0.0471 e. The average Bonchev–Trinajstić information content (AvgIpc) is 2.37. The molecule has 1 aliphatic heterocycles. The zero-order valence-electron chi connectivity index (χ0n) is 9.22. The van der Waals surface area contributed by atoms with Crippen LogP contribution < -0.4 is 0 Å². The van der Waals surface area contributed by atoms with Crippen LogP contribution in [0.25, 0.3) is 0 Å². The molecule has 0 spiro atoms. The second kappa shape index (κ2) is 4.77. The SMILES string of the molecule is OCCc1cccc2c1Sc1ccccc1S2. The molecule has 0 saturated carbocycles. The summed E-state index contributed by atoms with van der Waals surface area (Å²) in [6, 6.07) is 14.8. The molecule has 17 heavy (non-hydrogen) atoms. The summed E-state index contributed by atoms with van der Waals surface area (Å²) >= 11 is 3.64. The van der Waals surface area contributed by atoms with Gasteiger partial charge in [0.1, 0.15) is 0 Å². The van der Waals surface area contributed by atoms with Crippen molar-refractivity contribution in [3.05, 3.63) is 48.0 Å². The van der Waals surface area contributed by atoms with Gasteiger partial charge in [-0.3, -0.25) is 0 Å². The van der Waals surface area contributed by atoms with Crippen LogP contribution in [0.15, 0.2) is 62.0 Å². The lowest BCUT2D eigenvalue weighted by Gasteiger charge is -2.20. The molecule has 0 aromatic heterocycles. The van der Waals surface area contributed by atoms with Gasteiger partial charge in [-0.1, -0.05) is 47.8 Å². The van der Waals surface area contributed by atoms with Gasteiger partial charge in [0.25, 0.3) is 0 Å². The highest BCUT2D eigenvalue weighted by molar-refractivity contribution is 8.05. The van der Waals surface area contributed by atoms with Crippen molar-refractivity contribution >= 4 is 23.5 Å². The summed E-state index contributed by atoms with van der Waals surface area (Å²) < 4.78 is 0. The van der Waals surface area contributed by atoms with Crippen LogP contribution in [0.4, 0.5) is 0 Å². The second-order valence-corrected chi connectivity index (χ2v) is 6.00. The number of fused-ring (bicyclic) bond motifs is 2. The van der Waals surface area contributed by atoms with Crippen LogP contribution in [0, 0.1) is 0 Å². The Labute approximate surface area is 109 Å². The number of hydrogen-bond donors (Lipinski definition) is 1. The first kappa shape index (κ1) is 11.2. The van der Waals surface area contributed by atoms with E-state index in [1.54, 1.807) is 0 Å². The van der Waals surface area contributed by atoms with Gasteiger partial charge in [-0.2, -0.15) is 0 Å². The second-order valence-electron chi connectivity index (χ2n) is 3.87. The molecule has 1 N–H and O–H groups in total. The van der Waals surface area contributed by atoms with E-state index in [0.29, 0.717) is 0 Å². The van der Waals surface area contributed by atoms with Gasteiger partial charge in [0, 0.05) is 26.2 Å². The summed E-state index contributed by atoms with van der Waals surface area (Å²) in [5.41, 5.74) is 1.25. The molecule has 0 saturated heterocycles. The van der Waals surface area contributed by atoms with Crippen molar-refractivity contribution in [3.63, 3.8) is 0 Å². The lowest BCUT2D eigenvalue weighted by Crippen LogP contribution is -1.97. The lowest BCUT2D eigenvalue weighted by molar-refractivity contribution is 0.298. The Bertz CT molecular complexity index is 552. The molecule has 2 aromatic rings. The van der Waals surface area contributed by atoms with Crippen LogP contribution in [0.5, 0.6) is 0 Å². The maximum atomic E-state index is 9.10. The third kappa shape index (κ3) is 2.10. The summed E-state index contributed by atoms with van der Waals surface area (Å²) in [6.45, 7) is 0.212. The Balaban J connectivity index is 2.05. The Morgan fingerprint density at radius 2 is 1.53 bits per heavy atom. The van der Waals surface area contributed by atoms with Gasteiger partial charge in [-0.05, 0) is 30.2 Å². The first-order valence-electron chi connectivity index (χ1n) is 5.56. The minimum absolute atomic E-state index is 0.212. The van der Waals surface area contributed by atoms with Crippen LogP contribution in [-0.2, 0) is 6.42 Å². The van der Waals surface area contributed by atoms with E-state index in [2.05, 4.69) is 42.5 Å². The van der Waals surface area contributed by atoms with Crippen molar-refractivity contribution in [1.29, 1.82) is 0 Å². The first-order valence-corrected chi connectivity index (χ1v) is 7.19. The number of aliphatic hydroxyl groups excluding tert-OH is 1. The Kier molecular flexibility index (Phi) is 3.14. The van der Waals surface area contributed by atoms with E-state index in [0.717, 1.165) is 6.42 Å². The van der Waals surface area contributed by atoms with Crippen LogP contribution in [-0.4, -0.2) is 11.7 Å². The van der Waals surface area contributed by atoms with Crippen molar-refractivity contribution < 1.29 is 5.11 Å². The molecule has 0 unspecified atom stereocenters. The van der Waals surface area contributed by atoms with E-state index in [-0.39, 0.29) is 6.61 Å². The summed E-state index contributed by atoms with van der Waals surface area (Å²) in [4.78, 5) is 5.26. The summed E-state index contributed by atoms with van der Waals surface area (Å²) in [5.74, 6) is 0. The van der Waals surface area contributed by atoms with E-state index in [1.165, 1.54) is 25.1 Å². The van der Waals surface area contributed by atoms with Crippen molar-refractivity contribution in [2.45, 2.75) is 26.0 Å². The third-order valence-corrected chi connectivity index (χ3v) is 5.38. The zero-order chi connectivity index (χ0) is 11.7. The number of benzene rings is 2. The molecule has 2 aromatic carbocycles. The third-order valence-electron chi connectivity index (χ3n) is 2.72. The Morgan fingerprint density at radius 3 is 2.29 bits per heavy atom. The molecule has 3 heteroatoms. The van der Waals surface area contributed by atoms with Gasteiger partial charge in [0.15, 0.2) is 0 Å². The van der Waals surface area contributed by atoms with E-state index in [4.69, 9.17) is 5.11 Å². The first-order chi connectivity index (χ1) is 8.38. The monoisotopic (exact) mass is 260 g/mol. The van der Waals surface area contributed by atoms with Crippen LogP contribution >= 0.6 is 23.5 Å². The largest absolute Gasteiger partial charge is 0.396 e. The molecule has 86 valence electrons. The highest BCUT2D eigenvalue weighted by Crippen LogP contribution is 2.49. The molecule has 0 aliphatic carbocycles. The summed E-state index contributed by atoms with van der Waals surface area (Å²) in [6.07, 6.45) is 0.735. The van der Waals surface area contributed by atoms with Gasteiger partial charge >= 0.3 is 0 Å². The topological polar surface area (TPSA) is 20.2 Å². The molecule has 1 heterocycles. The molecule has 0 atom stereocenters. The van der Waals surface area contributed by atoms with E-state index >= 15 is 0 Å². The molecule has 1 aliphatic rings. The molecule has 0 fully saturated rings. The van der Waals surface area contributed by atoms with Gasteiger partial charge in [0.2, 0.25) is 0 Å². The Hall–Kier alpha value is -0.900. The molecule has 3 rings (SSSR count). The van der Waals surface area contributed by atoms with Crippen LogP contribution in [0.3, 0.4) is 0 Å². The minimum atomic E-state index is 0.212. The lowest BCUT2D eigenvalue weighted by atomic mass is 10.2. The predicted octanol–water partition coefficient (Wildman–Crippen LogP) is 3.84. The molecular formula is C14H12OS2. The number of aliphatic hydroxyl groups is 1. The highest BCUT2D eigenvalue weighted by atomic mass is 32.2. The molecular weight excluding hydrogens is 248 g/mol.